The molecule has 3 aromatic rings. The number of carbonyl (C=O) groups excluding carboxylic acids is 1. The van der Waals surface area contributed by atoms with E-state index in [4.69, 9.17) is 4.74 Å². The molecule has 0 unspecified atom stereocenters. The van der Waals surface area contributed by atoms with Crippen LogP contribution in [0.4, 0.5) is 0 Å². The van der Waals surface area contributed by atoms with E-state index in [2.05, 4.69) is 17.2 Å². The Morgan fingerprint density at radius 3 is 2.35 bits per heavy atom. The molecule has 2 aliphatic rings. The number of likely N-dealkylation sites (tertiary alicyclic amines) is 1. The highest BCUT2D eigenvalue weighted by molar-refractivity contribution is 7.89. The summed E-state index contributed by atoms with van der Waals surface area (Å²) in [6, 6.07) is 14.6. The van der Waals surface area contributed by atoms with Gasteiger partial charge in [0, 0.05) is 49.2 Å². The number of ether oxygens (including phenoxy) is 1. The summed E-state index contributed by atoms with van der Waals surface area (Å²) in [5.41, 5.74) is 2.40. The molecule has 7 nitrogen and oxygen atoms in total. The average molecular weight is 482 g/mol. The van der Waals surface area contributed by atoms with E-state index in [-0.39, 0.29) is 11.8 Å². The lowest BCUT2D eigenvalue weighted by molar-refractivity contribution is -0.137. The summed E-state index contributed by atoms with van der Waals surface area (Å²) in [4.78, 5) is 18.9. The third-order valence-electron chi connectivity index (χ3n) is 7.35. The van der Waals surface area contributed by atoms with Crippen LogP contribution < -0.4 is 4.74 Å². The van der Waals surface area contributed by atoms with Crippen molar-refractivity contribution >= 4 is 26.8 Å². The molecule has 0 aliphatic carbocycles. The molecule has 5 rings (SSSR count). The quantitative estimate of drug-likeness (QED) is 0.598. The Hall–Kier alpha value is -2.84. The third kappa shape index (κ3) is 4.32. The van der Waals surface area contributed by atoms with E-state index < -0.39 is 10.0 Å². The van der Waals surface area contributed by atoms with E-state index in [1.54, 1.807) is 31.4 Å². The molecule has 0 atom stereocenters. The van der Waals surface area contributed by atoms with Crippen LogP contribution in [-0.2, 0) is 14.8 Å². The normalized spacial score (nSPS) is 18.9. The summed E-state index contributed by atoms with van der Waals surface area (Å²) in [5, 5.41) is 1.19. The SMILES string of the molecule is COc1ccc2[nH]cc(C3CCN(C(=O)C4CCN(S(=O)(=O)c5ccccc5)CC4)CC3)c2c1. The summed E-state index contributed by atoms with van der Waals surface area (Å²) in [6.07, 6.45) is 5.10. The van der Waals surface area contributed by atoms with Crippen LogP contribution >= 0.6 is 0 Å². The van der Waals surface area contributed by atoms with Crippen LogP contribution in [-0.4, -0.2) is 61.8 Å². The Labute approximate surface area is 200 Å². The number of nitrogens with one attached hydrogen (secondary N) is 1. The van der Waals surface area contributed by atoms with E-state index in [0.29, 0.717) is 36.7 Å². The number of rotatable bonds is 5. The van der Waals surface area contributed by atoms with Crippen molar-refractivity contribution in [2.45, 2.75) is 36.5 Å². The molecule has 2 aliphatic heterocycles. The van der Waals surface area contributed by atoms with Crippen LogP contribution in [0.25, 0.3) is 10.9 Å². The molecule has 1 amide bonds. The number of fused-ring (bicyclic) bond motifs is 1. The molecule has 8 heteroatoms. The molecular weight excluding hydrogens is 450 g/mol. The van der Waals surface area contributed by atoms with Crippen molar-refractivity contribution in [3.8, 4) is 5.75 Å². The second kappa shape index (κ2) is 9.43. The topological polar surface area (TPSA) is 82.7 Å². The molecule has 2 fully saturated rings. The van der Waals surface area contributed by atoms with Gasteiger partial charge in [-0.05, 0) is 67.5 Å². The van der Waals surface area contributed by atoms with Crippen LogP contribution in [0.15, 0.2) is 59.6 Å². The fourth-order valence-electron chi connectivity index (χ4n) is 5.34. The Bertz CT molecular complexity index is 1260. The standard InChI is InChI=1S/C26H31N3O4S/c1-33-21-7-8-25-23(17-21)24(18-27-25)19-9-13-28(14-10-19)26(30)20-11-15-29(16-12-20)34(31,32)22-5-3-2-4-6-22/h2-8,17-20,27H,9-16H2,1H3. The summed E-state index contributed by atoms with van der Waals surface area (Å²) in [6.45, 7) is 2.26. The predicted molar refractivity (Wildman–Crippen MR) is 131 cm³/mol. The largest absolute Gasteiger partial charge is 0.497 e. The van der Waals surface area contributed by atoms with Gasteiger partial charge in [-0.25, -0.2) is 8.42 Å². The molecular formula is C26H31N3O4S. The van der Waals surface area contributed by atoms with Gasteiger partial charge in [0.1, 0.15) is 5.75 Å². The van der Waals surface area contributed by atoms with Crippen molar-refractivity contribution < 1.29 is 17.9 Å². The third-order valence-corrected chi connectivity index (χ3v) is 9.26. The van der Waals surface area contributed by atoms with Gasteiger partial charge >= 0.3 is 0 Å². The number of sulfonamides is 1. The van der Waals surface area contributed by atoms with E-state index in [9.17, 15) is 13.2 Å². The first-order chi connectivity index (χ1) is 16.5. The second-order valence-electron chi connectivity index (χ2n) is 9.25. The van der Waals surface area contributed by atoms with E-state index in [1.165, 1.54) is 15.3 Å². The molecule has 180 valence electrons. The lowest BCUT2D eigenvalue weighted by Gasteiger charge is -2.37. The minimum atomic E-state index is -3.49. The molecule has 2 aromatic carbocycles. The zero-order valence-electron chi connectivity index (χ0n) is 19.4. The number of hydrogen-bond donors (Lipinski definition) is 1. The highest BCUT2D eigenvalue weighted by Gasteiger charge is 2.35. The molecule has 34 heavy (non-hydrogen) atoms. The molecule has 1 aromatic heterocycles. The van der Waals surface area contributed by atoms with Gasteiger partial charge in [0.05, 0.1) is 12.0 Å². The van der Waals surface area contributed by atoms with E-state index in [0.717, 1.165) is 37.2 Å². The first-order valence-electron chi connectivity index (χ1n) is 12.0. The van der Waals surface area contributed by atoms with Crippen molar-refractivity contribution in [1.29, 1.82) is 0 Å². The van der Waals surface area contributed by atoms with Crippen molar-refractivity contribution in [3.63, 3.8) is 0 Å². The molecule has 0 bridgehead atoms. The van der Waals surface area contributed by atoms with E-state index in [1.807, 2.05) is 23.1 Å². The maximum absolute atomic E-state index is 13.2. The molecule has 0 saturated carbocycles. The van der Waals surface area contributed by atoms with Gasteiger partial charge in [0.25, 0.3) is 0 Å². The lowest BCUT2D eigenvalue weighted by atomic mass is 9.88. The van der Waals surface area contributed by atoms with Gasteiger partial charge in [-0.2, -0.15) is 4.31 Å². The molecule has 1 N–H and O–H groups in total. The second-order valence-corrected chi connectivity index (χ2v) is 11.2. The number of benzene rings is 2. The van der Waals surface area contributed by atoms with Gasteiger partial charge in [-0.15, -0.1) is 0 Å². The van der Waals surface area contributed by atoms with E-state index >= 15 is 0 Å². The lowest BCUT2D eigenvalue weighted by Crippen LogP contribution is -2.46. The number of aromatic amines is 1. The zero-order valence-corrected chi connectivity index (χ0v) is 20.3. The highest BCUT2D eigenvalue weighted by Crippen LogP contribution is 2.35. The van der Waals surface area contributed by atoms with Crippen LogP contribution in [0.5, 0.6) is 5.75 Å². The Balaban J connectivity index is 1.18. The van der Waals surface area contributed by atoms with Gasteiger partial charge in [-0.3, -0.25) is 4.79 Å². The summed E-state index contributed by atoms with van der Waals surface area (Å²) < 4.78 is 32.6. The van der Waals surface area contributed by atoms with Crippen molar-refractivity contribution in [1.82, 2.24) is 14.2 Å². The fourth-order valence-corrected chi connectivity index (χ4v) is 6.83. The van der Waals surface area contributed by atoms with Gasteiger partial charge < -0.3 is 14.6 Å². The summed E-state index contributed by atoms with van der Waals surface area (Å²) in [5.74, 6) is 1.33. The molecule has 3 heterocycles. The Morgan fingerprint density at radius 1 is 0.971 bits per heavy atom. The van der Waals surface area contributed by atoms with Crippen molar-refractivity contribution in [3.05, 3.63) is 60.3 Å². The zero-order chi connectivity index (χ0) is 23.7. The maximum atomic E-state index is 13.2. The summed E-state index contributed by atoms with van der Waals surface area (Å²) >= 11 is 0. The predicted octanol–water partition coefficient (Wildman–Crippen LogP) is 3.98. The highest BCUT2D eigenvalue weighted by atomic mass is 32.2. The number of aromatic nitrogens is 1. The van der Waals surface area contributed by atoms with Crippen molar-refractivity contribution in [2.75, 3.05) is 33.3 Å². The molecule has 0 radical (unpaired) electrons. The van der Waals surface area contributed by atoms with Gasteiger partial charge in [0.15, 0.2) is 0 Å². The number of hydrogen-bond acceptors (Lipinski definition) is 4. The number of methoxy groups -OCH3 is 1. The number of nitrogens with zero attached hydrogens (tertiary/aromatic N) is 2. The van der Waals surface area contributed by atoms with Gasteiger partial charge in [-0.1, -0.05) is 18.2 Å². The summed E-state index contributed by atoms with van der Waals surface area (Å²) in [7, 11) is -1.82. The van der Waals surface area contributed by atoms with Crippen LogP contribution in [0.1, 0.15) is 37.2 Å². The number of piperidine rings is 2. The van der Waals surface area contributed by atoms with Gasteiger partial charge in [0.2, 0.25) is 15.9 Å². The smallest absolute Gasteiger partial charge is 0.243 e. The first kappa shape index (κ1) is 22.9. The maximum Gasteiger partial charge on any atom is 0.243 e. The van der Waals surface area contributed by atoms with Crippen LogP contribution in [0.2, 0.25) is 0 Å². The van der Waals surface area contributed by atoms with Crippen molar-refractivity contribution in [2.24, 2.45) is 5.92 Å². The minimum absolute atomic E-state index is 0.101. The first-order valence-corrected chi connectivity index (χ1v) is 13.4. The monoisotopic (exact) mass is 481 g/mol. The Morgan fingerprint density at radius 2 is 1.68 bits per heavy atom. The number of amides is 1. The Kier molecular flexibility index (Phi) is 6.36. The number of H-pyrrole nitrogens is 1. The molecule has 2 saturated heterocycles. The minimum Gasteiger partial charge on any atom is -0.497 e. The number of carbonyl (C=O) groups is 1. The average Bonchev–Trinajstić information content (AvgIpc) is 3.32. The fraction of sp³-hybridized carbons (Fsp3) is 0.423. The van der Waals surface area contributed by atoms with Crippen LogP contribution in [0.3, 0.4) is 0 Å². The van der Waals surface area contributed by atoms with Crippen LogP contribution in [0, 0.1) is 5.92 Å². The molecule has 0 spiro atoms.